The summed E-state index contributed by atoms with van der Waals surface area (Å²) in [5.74, 6) is 0.795. The van der Waals surface area contributed by atoms with Crippen LogP contribution >= 0.6 is 0 Å². The van der Waals surface area contributed by atoms with Gasteiger partial charge >= 0.3 is 6.18 Å². The lowest BCUT2D eigenvalue weighted by atomic mass is 9.94. The summed E-state index contributed by atoms with van der Waals surface area (Å²) in [6.45, 7) is 4.76. The van der Waals surface area contributed by atoms with E-state index in [9.17, 15) is 13.2 Å². The summed E-state index contributed by atoms with van der Waals surface area (Å²) in [5, 5.41) is 0. The maximum absolute atomic E-state index is 11.9. The molecule has 0 amide bonds. The summed E-state index contributed by atoms with van der Waals surface area (Å²) in [7, 11) is 0. The number of rotatable bonds is 4. The quantitative estimate of drug-likeness (QED) is 0.705. The van der Waals surface area contributed by atoms with Gasteiger partial charge < -0.3 is 4.90 Å². The maximum atomic E-state index is 11.9. The van der Waals surface area contributed by atoms with Crippen LogP contribution in [-0.4, -0.2) is 30.7 Å². The fourth-order valence-corrected chi connectivity index (χ4v) is 2.12. The topological polar surface area (TPSA) is 3.24 Å². The SMILES string of the molecule is CCC1CCN(CCCC(F)(F)F)CC1. The highest BCUT2D eigenvalue weighted by Crippen LogP contribution is 2.23. The van der Waals surface area contributed by atoms with Gasteiger partial charge in [0.1, 0.15) is 0 Å². The van der Waals surface area contributed by atoms with Gasteiger partial charge in [-0.2, -0.15) is 13.2 Å². The van der Waals surface area contributed by atoms with E-state index in [1.165, 1.54) is 6.42 Å². The molecule has 0 saturated carbocycles. The smallest absolute Gasteiger partial charge is 0.303 e. The maximum Gasteiger partial charge on any atom is 0.389 e. The molecular weight excluding hydrogens is 203 g/mol. The molecule has 1 saturated heterocycles. The van der Waals surface area contributed by atoms with Gasteiger partial charge in [0, 0.05) is 6.42 Å². The van der Waals surface area contributed by atoms with E-state index in [0.29, 0.717) is 6.54 Å². The zero-order valence-electron chi connectivity index (χ0n) is 9.32. The summed E-state index contributed by atoms with van der Waals surface area (Å²) >= 11 is 0. The lowest BCUT2D eigenvalue weighted by Gasteiger charge is -2.31. The molecule has 1 nitrogen and oxygen atoms in total. The fourth-order valence-electron chi connectivity index (χ4n) is 2.12. The molecule has 0 aromatic heterocycles. The van der Waals surface area contributed by atoms with Gasteiger partial charge in [-0.05, 0) is 44.8 Å². The van der Waals surface area contributed by atoms with Crippen molar-refractivity contribution in [3.8, 4) is 0 Å². The summed E-state index contributed by atoms with van der Waals surface area (Å²) in [6.07, 6.45) is -0.857. The standard InChI is InChI=1S/C11H20F3N/c1-2-10-4-8-15(9-5-10)7-3-6-11(12,13)14/h10H,2-9H2,1H3. The third kappa shape index (κ3) is 5.40. The Labute approximate surface area is 89.6 Å². The molecule has 0 aromatic carbocycles. The molecule has 0 spiro atoms. The van der Waals surface area contributed by atoms with E-state index in [1.54, 1.807) is 0 Å². The summed E-state index contributed by atoms with van der Waals surface area (Å²) < 4.78 is 35.7. The van der Waals surface area contributed by atoms with Gasteiger partial charge in [0.15, 0.2) is 0 Å². The van der Waals surface area contributed by atoms with Crippen LogP contribution in [0.15, 0.2) is 0 Å². The Bertz CT molecular complexity index is 171. The Morgan fingerprint density at radius 3 is 2.27 bits per heavy atom. The van der Waals surface area contributed by atoms with Gasteiger partial charge in [0.25, 0.3) is 0 Å². The van der Waals surface area contributed by atoms with Crippen LogP contribution in [0.4, 0.5) is 13.2 Å². The van der Waals surface area contributed by atoms with Crippen molar-refractivity contribution in [3.05, 3.63) is 0 Å². The number of halogens is 3. The molecule has 1 fully saturated rings. The molecule has 15 heavy (non-hydrogen) atoms. The van der Waals surface area contributed by atoms with Gasteiger partial charge in [-0.15, -0.1) is 0 Å². The van der Waals surface area contributed by atoms with Crippen LogP contribution in [0.25, 0.3) is 0 Å². The molecule has 0 unspecified atom stereocenters. The van der Waals surface area contributed by atoms with Crippen LogP contribution in [-0.2, 0) is 0 Å². The van der Waals surface area contributed by atoms with Crippen molar-refractivity contribution < 1.29 is 13.2 Å². The van der Waals surface area contributed by atoms with Gasteiger partial charge in [-0.3, -0.25) is 0 Å². The minimum absolute atomic E-state index is 0.250. The average molecular weight is 223 g/mol. The van der Waals surface area contributed by atoms with Crippen molar-refractivity contribution in [3.63, 3.8) is 0 Å². The van der Waals surface area contributed by atoms with Gasteiger partial charge in [0.2, 0.25) is 0 Å². The molecule has 1 aliphatic heterocycles. The van der Waals surface area contributed by atoms with Crippen LogP contribution in [0.3, 0.4) is 0 Å². The minimum atomic E-state index is -3.98. The molecule has 4 heteroatoms. The van der Waals surface area contributed by atoms with Gasteiger partial charge in [-0.25, -0.2) is 0 Å². The first kappa shape index (κ1) is 12.8. The van der Waals surface area contributed by atoms with E-state index in [2.05, 4.69) is 11.8 Å². The van der Waals surface area contributed by atoms with Crippen LogP contribution < -0.4 is 0 Å². The Balaban J connectivity index is 2.09. The Kier molecular flexibility index (Phi) is 4.90. The molecule has 0 N–H and O–H groups in total. The van der Waals surface area contributed by atoms with Crippen LogP contribution in [0, 0.1) is 5.92 Å². The second-order valence-electron chi connectivity index (χ2n) is 4.41. The number of nitrogens with zero attached hydrogens (tertiary/aromatic N) is 1. The lowest BCUT2D eigenvalue weighted by Crippen LogP contribution is -2.34. The minimum Gasteiger partial charge on any atom is -0.303 e. The first-order valence-corrected chi connectivity index (χ1v) is 5.80. The Morgan fingerprint density at radius 2 is 1.80 bits per heavy atom. The van der Waals surface area contributed by atoms with Crippen LogP contribution in [0.5, 0.6) is 0 Å². The van der Waals surface area contributed by atoms with E-state index in [4.69, 9.17) is 0 Å². The summed E-state index contributed by atoms with van der Waals surface area (Å²) in [4.78, 5) is 2.16. The highest BCUT2D eigenvalue weighted by atomic mass is 19.4. The van der Waals surface area contributed by atoms with Gasteiger partial charge in [0.05, 0.1) is 0 Å². The first-order chi connectivity index (χ1) is 7.01. The fraction of sp³-hybridized carbons (Fsp3) is 1.00. The van der Waals surface area contributed by atoms with E-state index < -0.39 is 12.6 Å². The predicted octanol–water partition coefficient (Wildman–Crippen LogP) is 3.45. The molecule has 0 aliphatic carbocycles. The van der Waals surface area contributed by atoms with Crippen LogP contribution in [0.1, 0.15) is 39.0 Å². The van der Waals surface area contributed by atoms with E-state index >= 15 is 0 Å². The largest absolute Gasteiger partial charge is 0.389 e. The zero-order chi connectivity index (χ0) is 11.3. The Hall–Kier alpha value is -0.250. The normalized spacial score (nSPS) is 20.8. The highest BCUT2D eigenvalue weighted by molar-refractivity contribution is 4.71. The molecular formula is C11H20F3N. The van der Waals surface area contributed by atoms with Crippen molar-refractivity contribution in [2.24, 2.45) is 5.92 Å². The molecule has 0 atom stereocenters. The second-order valence-corrected chi connectivity index (χ2v) is 4.41. The lowest BCUT2D eigenvalue weighted by molar-refractivity contribution is -0.136. The number of likely N-dealkylation sites (tertiary alicyclic amines) is 1. The highest BCUT2D eigenvalue weighted by Gasteiger charge is 2.27. The van der Waals surface area contributed by atoms with Gasteiger partial charge in [-0.1, -0.05) is 13.3 Å². The molecule has 1 heterocycles. The molecule has 1 aliphatic rings. The second kappa shape index (κ2) is 5.73. The third-order valence-corrected chi connectivity index (χ3v) is 3.22. The zero-order valence-corrected chi connectivity index (χ0v) is 9.32. The number of hydrogen-bond donors (Lipinski definition) is 0. The number of hydrogen-bond acceptors (Lipinski definition) is 1. The number of alkyl halides is 3. The molecule has 1 rings (SSSR count). The third-order valence-electron chi connectivity index (χ3n) is 3.22. The van der Waals surface area contributed by atoms with Crippen molar-refractivity contribution >= 4 is 0 Å². The molecule has 0 radical (unpaired) electrons. The first-order valence-electron chi connectivity index (χ1n) is 5.80. The van der Waals surface area contributed by atoms with Crippen molar-refractivity contribution in [1.82, 2.24) is 4.90 Å². The molecule has 0 bridgehead atoms. The molecule has 90 valence electrons. The summed E-state index contributed by atoms with van der Waals surface area (Å²) in [5.41, 5.74) is 0. The average Bonchev–Trinajstić information content (AvgIpc) is 2.17. The molecule has 0 aromatic rings. The van der Waals surface area contributed by atoms with E-state index in [0.717, 1.165) is 31.8 Å². The van der Waals surface area contributed by atoms with Crippen molar-refractivity contribution in [2.75, 3.05) is 19.6 Å². The van der Waals surface area contributed by atoms with E-state index in [-0.39, 0.29) is 6.42 Å². The number of piperidine rings is 1. The summed E-state index contributed by atoms with van der Waals surface area (Å²) in [6, 6.07) is 0. The van der Waals surface area contributed by atoms with Crippen LogP contribution in [0.2, 0.25) is 0 Å². The Morgan fingerprint density at radius 1 is 1.20 bits per heavy atom. The van der Waals surface area contributed by atoms with Crippen molar-refractivity contribution in [2.45, 2.75) is 45.2 Å². The monoisotopic (exact) mass is 223 g/mol. The van der Waals surface area contributed by atoms with Crippen molar-refractivity contribution in [1.29, 1.82) is 0 Å². The van der Waals surface area contributed by atoms with E-state index in [1.807, 2.05) is 0 Å². The predicted molar refractivity (Wildman–Crippen MR) is 54.7 cm³/mol.